The molecule has 1 aliphatic heterocycles. The van der Waals surface area contributed by atoms with E-state index in [4.69, 9.17) is 5.14 Å². The van der Waals surface area contributed by atoms with Crippen molar-refractivity contribution in [2.24, 2.45) is 10.1 Å². The smallest absolute Gasteiger partial charge is 0.238 e. The van der Waals surface area contributed by atoms with Gasteiger partial charge in [0.25, 0.3) is 0 Å². The number of guanidine groups is 1. The fraction of sp³-hybridized carbons (Fsp3) is 0.533. The number of hydrogen-bond donors (Lipinski definition) is 2. The van der Waals surface area contributed by atoms with Gasteiger partial charge in [0.1, 0.15) is 0 Å². The third-order valence-electron chi connectivity index (χ3n) is 4.26. The summed E-state index contributed by atoms with van der Waals surface area (Å²) in [6.07, 6.45) is 0. The normalized spacial score (nSPS) is 19.5. The molecule has 148 valence electrons. The summed E-state index contributed by atoms with van der Waals surface area (Å²) < 4.78 is 45.9. The van der Waals surface area contributed by atoms with Gasteiger partial charge >= 0.3 is 0 Å². The van der Waals surface area contributed by atoms with Crippen molar-refractivity contribution in [1.29, 1.82) is 0 Å². The average molecular weight is 516 g/mol. The van der Waals surface area contributed by atoms with Crippen LogP contribution in [0, 0.1) is 0 Å². The standard InChI is InChI=1S/C15H24N4O4S2.HI/c1-15(2)11-19(8-9-24(15,20)21)14(17-3)18-10-12-4-6-13(7-5-12)25(16,22)23;/h4-7H,8-11H2,1-3H3,(H,17,18)(H2,16,22,23);1H. The third-order valence-corrected chi connectivity index (χ3v) is 7.72. The predicted octanol–water partition coefficient (Wildman–Crippen LogP) is 0.536. The van der Waals surface area contributed by atoms with Crippen LogP contribution in [-0.4, -0.2) is 58.3 Å². The Morgan fingerprint density at radius 2 is 1.88 bits per heavy atom. The molecule has 2 rings (SSSR count). The Kier molecular flexibility index (Phi) is 7.47. The van der Waals surface area contributed by atoms with E-state index in [1.165, 1.54) is 12.1 Å². The largest absolute Gasteiger partial charge is 0.352 e. The number of rotatable bonds is 3. The summed E-state index contributed by atoms with van der Waals surface area (Å²) in [5.74, 6) is 0.697. The second kappa shape index (κ2) is 8.40. The molecule has 0 unspecified atom stereocenters. The van der Waals surface area contributed by atoms with Gasteiger partial charge in [0, 0.05) is 26.7 Å². The number of halogens is 1. The van der Waals surface area contributed by atoms with Gasteiger partial charge in [-0.1, -0.05) is 12.1 Å². The number of hydrogen-bond acceptors (Lipinski definition) is 5. The minimum absolute atomic E-state index is 0. The van der Waals surface area contributed by atoms with Crippen LogP contribution >= 0.6 is 24.0 Å². The summed E-state index contributed by atoms with van der Waals surface area (Å²) in [6, 6.07) is 6.24. The number of aliphatic imine (C=N–C) groups is 1. The molecule has 3 N–H and O–H groups in total. The number of nitrogens with one attached hydrogen (secondary N) is 1. The van der Waals surface area contributed by atoms with Gasteiger partial charge in [0.05, 0.1) is 15.4 Å². The molecule has 0 aliphatic carbocycles. The van der Waals surface area contributed by atoms with Gasteiger partial charge in [0.2, 0.25) is 10.0 Å². The van der Waals surface area contributed by atoms with Crippen LogP contribution in [0.3, 0.4) is 0 Å². The molecule has 1 aromatic rings. The summed E-state index contributed by atoms with van der Waals surface area (Å²) in [5, 5.41) is 8.26. The number of sulfone groups is 1. The predicted molar refractivity (Wildman–Crippen MR) is 113 cm³/mol. The SMILES string of the molecule is CN=C(NCc1ccc(S(N)(=O)=O)cc1)N1CCS(=O)(=O)C(C)(C)C1.I. The van der Waals surface area contributed by atoms with E-state index >= 15 is 0 Å². The Morgan fingerprint density at radius 3 is 2.35 bits per heavy atom. The first-order valence-corrected chi connectivity index (χ1v) is 11.0. The van der Waals surface area contributed by atoms with E-state index in [-0.39, 0.29) is 34.6 Å². The van der Waals surface area contributed by atoms with Crippen LogP contribution in [0.4, 0.5) is 0 Å². The van der Waals surface area contributed by atoms with Gasteiger partial charge in [-0.05, 0) is 31.5 Å². The van der Waals surface area contributed by atoms with Crippen LogP contribution in [0.15, 0.2) is 34.2 Å². The van der Waals surface area contributed by atoms with E-state index in [1.54, 1.807) is 33.0 Å². The second-order valence-corrected chi connectivity index (χ2v) is 10.9. The first-order valence-electron chi connectivity index (χ1n) is 7.76. The van der Waals surface area contributed by atoms with Crippen molar-refractivity contribution < 1.29 is 16.8 Å². The van der Waals surface area contributed by atoms with Gasteiger partial charge in [-0.3, -0.25) is 4.99 Å². The van der Waals surface area contributed by atoms with Crippen molar-refractivity contribution in [3.63, 3.8) is 0 Å². The van der Waals surface area contributed by atoms with Crippen LogP contribution < -0.4 is 10.5 Å². The Bertz CT molecular complexity index is 865. The van der Waals surface area contributed by atoms with E-state index in [0.717, 1.165) is 5.56 Å². The molecule has 11 heteroatoms. The van der Waals surface area contributed by atoms with Crippen molar-refractivity contribution in [3.8, 4) is 0 Å². The van der Waals surface area contributed by atoms with Gasteiger partial charge in [-0.25, -0.2) is 22.0 Å². The fourth-order valence-corrected chi connectivity index (χ4v) is 4.52. The molecule has 0 radical (unpaired) electrons. The Labute approximate surface area is 172 Å². The molecule has 0 saturated carbocycles. The number of benzene rings is 1. The molecule has 0 atom stereocenters. The van der Waals surface area contributed by atoms with E-state index in [1.807, 2.05) is 4.90 Å². The van der Waals surface area contributed by atoms with Crippen LogP contribution in [0.2, 0.25) is 0 Å². The summed E-state index contributed by atoms with van der Waals surface area (Å²) in [5.41, 5.74) is 0.859. The first kappa shape index (κ1) is 23.1. The minimum atomic E-state index is -3.71. The molecule has 1 saturated heterocycles. The molecule has 0 amide bonds. The molecule has 1 fully saturated rings. The molecular weight excluding hydrogens is 491 g/mol. The zero-order valence-corrected chi connectivity index (χ0v) is 18.9. The maximum Gasteiger partial charge on any atom is 0.238 e. The fourth-order valence-electron chi connectivity index (χ4n) is 2.63. The Hall–Kier alpha value is -0.920. The van der Waals surface area contributed by atoms with Gasteiger partial charge in [-0.2, -0.15) is 0 Å². The molecule has 1 aromatic carbocycles. The Morgan fingerprint density at radius 1 is 1.31 bits per heavy atom. The van der Waals surface area contributed by atoms with E-state index < -0.39 is 24.6 Å². The molecule has 0 bridgehead atoms. The summed E-state index contributed by atoms with van der Waals surface area (Å²) in [4.78, 5) is 6.19. The second-order valence-electron chi connectivity index (χ2n) is 6.59. The summed E-state index contributed by atoms with van der Waals surface area (Å²) >= 11 is 0. The Balaban J connectivity index is 0.00000338. The molecule has 8 nitrogen and oxygen atoms in total. The molecule has 1 aliphatic rings. The lowest BCUT2D eigenvalue weighted by molar-refractivity contribution is 0.353. The molecule has 0 spiro atoms. The van der Waals surface area contributed by atoms with E-state index in [9.17, 15) is 16.8 Å². The van der Waals surface area contributed by atoms with E-state index in [0.29, 0.717) is 25.6 Å². The van der Waals surface area contributed by atoms with Crippen molar-refractivity contribution in [2.45, 2.75) is 30.0 Å². The van der Waals surface area contributed by atoms with Crippen LogP contribution in [0.1, 0.15) is 19.4 Å². The lowest BCUT2D eigenvalue weighted by Gasteiger charge is -2.39. The highest BCUT2D eigenvalue weighted by Gasteiger charge is 2.40. The number of primary sulfonamides is 1. The molecule has 1 heterocycles. The maximum atomic E-state index is 12.1. The monoisotopic (exact) mass is 516 g/mol. The lowest BCUT2D eigenvalue weighted by atomic mass is 10.2. The molecule has 26 heavy (non-hydrogen) atoms. The van der Waals surface area contributed by atoms with Crippen LogP contribution in [0.25, 0.3) is 0 Å². The summed E-state index contributed by atoms with van der Waals surface area (Å²) in [7, 11) is -5.18. The first-order chi connectivity index (χ1) is 11.5. The molecule has 0 aromatic heterocycles. The summed E-state index contributed by atoms with van der Waals surface area (Å²) in [6.45, 7) is 4.61. The zero-order valence-electron chi connectivity index (χ0n) is 15.0. The minimum Gasteiger partial charge on any atom is -0.352 e. The number of nitrogens with zero attached hydrogens (tertiary/aromatic N) is 2. The van der Waals surface area contributed by atoms with Crippen LogP contribution in [0.5, 0.6) is 0 Å². The highest BCUT2D eigenvalue weighted by atomic mass is 127. The lowest BCUT2D eigenvalue weighted by Crippen LogP contribution is -2.57. The van der Waals surface area contributed by atoms with Crippen LogP contribution in [-0.2, 0) is 26.4 Å². The quantitative estimate of drug-likeness (QED) is 0.344. The van der Waals surface area contributed by atoms with Crippen molar-refractivity contribution in [3.05, 3.63) is 29.8 Å². The number of sulfonamides is 1. The maximum absolute atomic E-state index is 12.1. The zero-order chi connectivity index (χ0) is 18.9. The van der Waals surface area contributed by atoms with E-state index in [2.05, 4.69) is 10.3 Å². The van der Waals surface area contributed by atoms with Crippen molar-refractivity contribution >= 4 is 49.8 Å². The van der Waals surface area contributed by atoms with Gasteiger partial charge < -0.3 is 10.2 Å². The topological polar surface area (TPSA) is 122 Å². The third kappa shape index (κ3) is 5.30. The van der Waals surface area contributed by atoms with Gasteiger partial charge in [0.15, 0.2) is 15.8 Å². The highest BCUT2D eigenvalue weighted by molar-refractivity contribution is 14.0. The van der Waals surface area contributed by atoms with Crippen molar-refractivity contribution in [2.75, 3.05) is 25.9 Å². The van der Waals surface area contributed by atoms with Gasteiger partial charge in [-0.15, -0.1) is 24.0 Å². The number of nitrogens with two attached hydrogens (primary N) is 1. The molecular formula is C15H25IN4O4S2. The van der Waals surface area contributed by atoms with Crippen molar-refractivity contribution in [1.82, 2.24) is 10.2 Å². The highest BCUT2D eigenvalue weighted by Crippen LogP contribution is 2.23. The average Bonchev–Trinajstić information content (AvgIpc) is 2.51.